The number of benzene rings is 5. The smallest absolute Gasteiger partial charge is 0.335 e. The zero-order valence-electron chi connectivity index (χ0n) is 22.6. The summed E-state index contributed by atoms with van der Waals surface area (Å²) in [5, 5.41) is 0.0901. The van der Waals surface area contributed by atoms with Crippen LogP contribution in [0.2, 0.25) is 5.31 Å². The van der Waals surface area contributed by atoms with Gasteiger partial charge in [0, 0.05) is 10.9 Å². The molecule has 0 unspecified atom stereocenters. The second-order valence-corrected chi connectivity index (χ2v) is 11.4. The van der Waals surface area contributed by atoms with E-state index in [0.717, 1.165) is 0 Å². The fourth-order valence-electron chi connectivity index (χ4n) is 5.60. The molecule has 1 fully saturated rings. The van der Waals surface area contributed by atoms with Gasteiger partial charge in [0.05, 0.1) is 0 Å². The lowest BCUT2D eigenvalue weighted by Gasteiger charge is -2.57. The minimum atomic E-state index is -0.112. The van der Waals surface area contributed by atoms with E-state index in [-0.39, 0.29) is 17.8 Å². The monoisotopic (exact) mass is 492 g/mol. The Morgan fingerprint density at radius 2 is 0.921 bits per heavy atom. The van der Waals surface area contributed by atoms with E-state index in [4.69, 9.17) is 4.65 Å². The third kappa shape index (κ3) is 4.20. The molecule has 0 aromatic heterocycles. The first-order valence-electron chi connectivity index (χ1n) is 13.5. The summed E-state index contributed by atoms with van der Waals surface area (Å²) in [6.45, 7) is 9.09. The molecule has 1 aliphatic heterocycles. The van der Waals surface area contributed by atoms with E-state index in [0.29, 0.717) is 0 Å². The molecule has 5 aromatic rings. The van der Waals surface area contributed by atoms with E-state index < -0.39 is 0 Å². The van der Waals surface area contributed by atoms with Gasteiger partial charge < -0.3 is 4.65 Å². The van der Waals surface area contributed by atoms with Crippen molar-refractivity contribution in [1.29, 1.82) is 0 Å². The Balaban J connectivity index is 1.52. The summed E-state index contributed by atoms with van der Waals surface area (Å²) in [6, 6.07) is 45.9. The van der Waals surface area contributed by atoms with Crippen LogP contribution in [0, 0.1) is 0 Å². The number of rotatable bonds is 5. The molecule has 0 aliphatic carbocycles. The zero-order chi connectivity index (χ0) is 26.3. The normalized spacial score (nSPS) is 15.6. The molecule has 0 spiro atoms. The van der Waals surface area contributed by atoms with Crippen LogP contribution >= 0.6 is 0 Å². The summed E-state index contributed by atoms with van der Waals surface area (Å²) < 4.78 is 6.29. The van der Waals surface area contributed by atoms with Crippen molar-refractivity contribution in [3.8, 4) is 44.5 Å². The van der Waals surface area contributed by atoms with E-state index in [1.54, 1.807) is 0 Å². The lowest BCUT2D eigenvalue weighted by atomic mass is 9.33. The molecule has 5 aromatic carbocycles. The molecule has 38 heavy (non-hydrogen) atoms. The highest BCUT2D eigenvalue weighted by Crippen LogP contribution is 2.53. The second kappa shape index (κ2) is 9.46. The molecule has 0 saturated carbocycles. The molecule has 2 heteroatoms. The lowest BCUT2D eigenvalue weighted by Crippen LogP contribution is -2.66. The maximum Gasteiger partial charge on any atom is 0.335 e. The van der Waals surface area contributed by atoms with Gasteiger partial charge in [0.1, 0.15) is 0 Å². The summed E-state index contributed by atoms with van der Waals surface area (Å²) in [7, 11) is 0. The Morgan fingerprint density at radius 3 is 1.34 bits per heavy atom. The fourth-order valence-corrected chi connectivity index (χ4v) is 5.60. The summed E-state index contributed by atoms with van der Waals surface area (Å²) in [6.07, 6.45) is 0. The molecular formula is C36H33BO. The molecule has 0 radical (unpaired) electrons. The van der Waals surface area contributed by atoms with Crippen LogP contribution in [0.4, 0.5) is 0 Å². The third-order valence-electron chi connectivity index (χ3n) is 8.54. The molecule has 6 rings (SSSR count). The molecule has 0 N–H and O–H groups in total. The van der Waals surface area contributed by atoms with Crippen LogP contribution in [0.5, 0.6) is 0 Å². The molecule has 186 valence electrons. The van der Waals surface area contributed by atoms with Crippen LogP contribution in [0.3, 0.4) is 0 Å². The van der Waals surface area contributed by atoms with Crippen LogP contribution < -0.4 is 5.46 Å². The van der Waals surface area contributed by atoms with Gasteiger partial charge in [-0.2, -0.15) is 0 Å². The van der Waals surface area contributed by atoms with Crippen molar-refractivity contribution >= 4 is 12.4 Å². The van der Waals surface area contributed by atoms with Crippen molar-refractivity contribution in [2.45, 2.75) is 38.6 Å². The summed E-state index contributed by atoms with van der Waals surface area (Å²) in [5.41, 5.74) is 10.9. The SMILES string of the molecule is CC1(C)OB(c2ccc(-c3cc(-c4ccccc4)c(-c4ccccc4)c(-c4ccccc4)c3)cc2)C1(C)C. The van der Waals surface area contributed by atoms with Crippen LogP contribution in [0.1, 0.15) is 27.7 Å². The minimum absolute atomic E-state index is 0.0901. The fraction of sp³-hybridized carbons (Fsp3) is 0.167. The molecular weight excluding hydrogens is 459 g/mol. The Hall–Kier alpha value is -3.88. The van der Waals surface area contributed by atoms with Crippen LogP contribution in [0.15, 0.2) is 127 Å². The molecule has 1 saturated heterocycles. The van der Waals surface area contributed by atoms with Gasteiger partial charge in [0.2, 0.25) is 0 Å². The maximum absolute atomic E-state index is 6.29. The molecule has 1 heterocycles. The van der Waals surface area contributed by atoms with Crippen molar-refractivity contribution in [2.75, 3.05) is 0 Å². The predicted molar refractivity (Wildman–Crippen MR) is 163 cm³/mol. The van der Waals surface area contributed by atoms with Gasteiger partial charge in [-0.1, -0.05) is 129 Å². The quantitative estimate of drug-likeness (QED) is 0.222. The summed E-state index contributed by atoms with van der Waals surface area (Å²) >= 11 is 0. The second-order valence-electron chi connectivity index (χ2n) is 11.4. The highest BCUT2D eigenvalue weighted by Gasteiger charge is 2.59. The van der Waals surface area contributed by atoms with Gasteiger partial charge in [-0.25, -0.2) is 0 Å². The topological polar surface area (TPSA) is 9.23 Å². The largest absolute Gasteiger partial charge is 0.425 e. The molecule has 0 bridgehead atoms. The highest BCUT2D eigenvalue weighted by molar-refractivity contribution is 6.73. The predicted octanol–water partition coefficient (Wildman–Crippen LogP) is 9.14. The Kier molecular flexibility index (Phi) is 6.09. The third-order valence-corrected chi connectivity index (χ3v) is 8.54. The van der Waals surface area contributed by atoms with E-state index in [2.05, 4.69) is 155 Å². The van der Waals surface area contributed by atoms with Gasteiger partial charge >= 0.3 is 6.92 Å². The molecule has 0 atom stereocenters. The average Bonchev–Trinajstić information content (AvgIpc) is 2.97. The Bertz CT molecular complexity index is 1490. The molecule has 1 aliphatic rings. The van der Waals surface area contributed by atoms with E-state index in [1.165, 1.54) is 50.0 Å². The molecule has 0 amide bonds. The van der Waals surface area contributed by atoms with E-state index in [9.17, 15) is 0 Å². The van der Waals surface area contributed by atoms with Gasteiger partial charge in [-0.15, -0.1) is 0 Å². The first-order chi connectivity index (χ1) is 18.3. The average molecular weight is 492 g/mol. The minimum Gasteiger partial charge on any atom is -0.425 e. The van der Waals surface area contributed by atoms with Gasteiger partial charge in [0.25, 0.3) is 0 Å². The van der Waals surface area contributed by atoms with Crippen molar-refractivity contribution < 1.29 is 4.65 Å². The maximum atomic E-state index is 6.29. The van der Waals surface area contributed by atoms with Crippen molar-refractivity contribution in [2.24, 2.45) is 0 Å². The first kappa shape index (κ1) is 24.5. The van der Waals surface area contributed by atoms with Crippen LogP contribution in [0.25, 0.3) is 44.5 Å². The highest BCUT2D eigenvalue weighted by atomic mass is 16.5. The van der Waals surface area contributed by atoms with Gasteiger partial charge in [-0.3, -0.25) is 0 Å². The van der Waals surface area contributed by atoms with Crippen molar-refractivity contribution in [3.05, 3.63) is 127 Å². The Morgan fingerprint density at radius 1 is 0.474 bits per heavy atom. The van der Waals surface area contributed by atoms with E-state index in [1.807, 2.05) is 0 Å². The summed E-state index contributed by atoms with van der Waals surface area (Å²) in [4.78, 5) is 0. The van der Waals surface area contributed by atoms with Crippen LogP contribution in [-0.4, -0.2) is 12.5 Å². The number of hydrogen-bond acceptors (Lipinski definition) is 1. The van der Waals surface area contributed by atoms with Crippen LogP contribution in [-0.2, 0) is 4.65 Å². The standard InChI is InChI=1S/C36H33BO/c1-35(2)36(3,4)38-37(35)31-22-20-26(21-23-31)30-24-32(27-14-8-5-9-15-27)34(29-18-12-7-13-19-29)33(25-30)28-16-10-6-11-17-28/h5-25H,1-4H3. The van der Waals surface area contributed by atoms with Crippen molar-refractivity contribution in [1.82, 2.24) is 0 Å². The summed E-state index contributed by atoms with van der Waals surface area (Å²) in [5.74, 6) is 0. The lowest BCUT2D eigenvalue weighted by molar-refractivity contribution is -0.00939. The first-order valence-corrected chi connectivity index (χ1v) is 13.5. The van der Waals surface area contributed by atoms with Crippen molar-refractivity contribution in [3.63, 3.8) is 0 Å². The molecule has 1 nitrogen and oxygen atoms in total. The van der Waals surface area contributed by atoms with Gasteiger partial charge in [0.15, 0.2) is 0 Å². The van der Waals surface area contributed by atoms with E-state index >= 15 is 0 Å². The zero-order valence-corrected chi connectivity index (χ0v) is 22.6. The van der Waals surface area contributed by atoms with Gasteiger partial charge in [-0.05, 0) is 76.0 Å². The number of hydrogen-bond donors (Lipinski definition) is 0. The Labute approximate surface area is 227 Å².